The zero-order chi connectivity index (χ0) is 20.8. The van der Waals surface area contributed by atoms with Crippen LogP contribution in [0.25, 0.3) is 0 Å². The van der Waals surface area contributed by atoms with Gasteiger partial charge in [-0.2, -0.15) is 0 Å². The SMILES string of the molecule is Cc1cc(C)c(NC(=O)CN(C)C(=O)CCc2ccccc2C(=O)O)c(C)c1. The number of benzene rings is 2. The molecule has 2 aromatic rings. The predicted molar refractivity (Wildman–Crippen MR) is 109 cm³/mol. The van der Waals surface area contributed by atoms with E-state index in [9.17, 15) is 19.5 Å². The second kappa shape index (κ2) is 9.17. The van der Waals surface area contributed by atoms with Crippen molar-refractivity contribution in [3.63, 3.8) is 0 Å². The second-order valence-electron chi connectivity index (χ2n) is 7.03. The van der Waals surface area contributed by atoms with Crippen LogP contribution in [0, 0.1) is 20.8 Å². The topological polar surface area (TPSA) is 86.7 Å². The van der Waals surface area contributed by atoms with Crippen molar-refractivity contribution in [1.29, 1.82) is 0 Å². The number of carbonyl (C=O) groups excluding carboxylic acids is 2. The van der Waals surface area contributed by atoms with Crippen LogP contribution in [0.4, 0.5) is 5.69 Å². The first-order valence-electron chi connectivity index (χ1n) is 9.12. The third-order valence-corrected chi connectivity index (χ3v) is 4.60. The second-order valence-corrected chi connectivity index (χ2v) is 7.03. The highest BCUT2D eigenvalue weighted by molar-refractivity contribution is 5.96. The number of nitrogens with zero attached hydrogens (tertiary/aromatic N) is 1. The molecule has 0 aliphatic carbocycles. The summed E-state index contributed by atoms with van der Waals surface area (Å²) in [4.78, 5) is 37.3. The summed E-state index contributed by atoms with van der Waals surface area (Å²) in [6.07, 6.45) is 0.445. The zero-order valence-corrected chi connectivity index (χ0v) is 16.7. The first kappa shape index (κ1) is 21.2. The van der Waals surface area contributed by atoms with Gasteiger partial charge in [-0.05, 0) is 49.9 Å². The maximum absolute atomic E-state index is 12.4. The number of hydrogen-bond acceptors (Lipinski definition) is 3. The van der Waals surface area contributed by atoms with Crippen molar-refractivity contribution in [2.45, 2.75) is 33.6 Å². The van der Waals surface area contributed by atoms with E-state index in [1.165, 1.54) is 11.0 Å². The normalized spacial score (nSPS) is 10.4. The van der Waals surface area contributed by atoms with Crippen LogP contribution in [-0.2, 0) is 16.0 Å². The molecule has 148 valence electrons. The molecule has 6 heteroatoms. The van der Waals surface area contributed by atoms with E-state index in [1.54, 1.807) is 25.2 Å². The average Bonchev–Trinajstić information content (AvgIpc) is 2.62. The lowest BCUT2D eigenvalue weighted by molar-refractivity contribution is -0.133. The van der Waals surface area contributed by atoms with Gasteiger partial charge in [0, 0.05) is 19.2 Å². The van der Waals surface area contributed by atoms with Gasteiger partial charge in [-0.3, -0.25) is 9.59 Å². The highest BCUT2D eigenvalue weighted by atomic mass is 16.4. The molecule has 0 radical (unpaired) electrons. The van der Waals surface area contributed by atoms with Crippen molar-refractivity contribution in [3.05, 3.63) is 64.2 Å². The van der Waals surface area contributed by atoms with Gasteiger partial charge in [-0.25, -0.2) is 4.79 Å². The summed E-state index contributed by atoms with van der Waals surface area (Å²) in [6.45, 7) is 5.81. The Hall–Kier alpha value is -3.15. The molecule has 6 nitrogen and oxygen atoms in total. The van der Waals surface area contributed by atoms with Crippen LogP contribution in [0.1, 0.15) is 39.0 Å². The van der Waals surface area contributed by atoms with Crippen LogP contribution >= 0.6 is 0 Å². The Balaban J connectivity index is 1.94. The first-order chi connectivity index (χ1) is 13.2. The minimum atomic E-state index is -1.01. The standard InChI is InChI=1S/C22H26N2O4/c1-14-11-15(2)21(16(3)12-14)23-19(25)13-24(4)20(26)10-9-17-7-5-6-8-18(17)22(27)28/h5-8,11-12H,9-10,13H2,1-4H3,(H,23,25)(H,27,28). The molecule has 0 atom stereocenters. The van der Waals surface area contributed by atoms with Crippen LogP contribution < -0.4 is 5.32 Å². The largest absolute Gasteiger partial charge is 0.478 e. The van der Waals surface area contributed by atoms with Crippen LogP contribution in [0.2, 0.25) is 0 Å². The summed E-state index contributed by atoms with van der Waals surface area (Å²) in [5, 5.41) is 12.1. The quantitative estimate of drug-likeness (QED) is 0.769. The molecule has 0 spiro atoms. The van der Waals surface area contributed by atoms with Crippen molar-refractivity contribution < 1.29 is 19.5 Å². The third kappa shape index (κ3) is 5.42. The van der Waals surface area contributed by atoms with E-state index in [4.69, 9.17) is 0 Å². The molecule has 0 aliphatic rings. The van der Waals surface area contributed by atoms with Gasteiger partial charge in [0.25, 0.3) is 0 Å². The van der Waals surface area contributed by atoms with Crippen molar-refractivity contribution in [2.24, 2.45) is 0 Å². The average molecular weight is 382 g/mol. The predicted octanol–water partition coefficient (Wildman–Crippen LogP) is 3.34. The highest BCUT2D eigenvalue weighted by Gasteiger charge is 2.16. The summed E-state index contributed by atoms with van der Waals surface area (Å²) in [6, 6.07) is 10.6. The minimum absolute atomic E-state index is 0.0633. The number of anilines is 1. The molecule has 0 unspecified atom stereocenters. The number of likely N-dealkylation sites (N-methyl/N-ethyl adjacent to an activating group) is 1. The number of aryl methyl sites for hydroxylation is 4. The van der Waals surface area contributed by atoms with Gasteiger partial charge in [-0.1, -0.05) is 35.9 Å². The Morgan fingerprint density at radius 3 is 2.25 bits per heavy atom. The van der Waals surface area contributed by atoms with Gasteiger partial charge < -0.3 is 15.3 Å². The van der Waals surface area contributed by atoms with Crippen molar-refractivity contribution >= 4 is 23.5 Å². The molecular weight excluding hydrogens is 356 g/mol. The summed E-state index contributed by atoms with van der Waals surface area (Å²) < 4.78 is 0. The molecule has 0 fully saturated rings. The molecule has 0 bridgehead atoms. The fourth-order valence-corrected chi connectivity index (χ4v) is 3.24. The van der Waals surface area contributed by atoms with Gasteiger partial charge in [0.15, 0.2) is 0 Å². The Morgan fingerprint density at radius 2 is 1.64 bits per heavy atom. The number of carboxylic acid groups (broad SMARTS) is 1. The molecule has 0 saturated carbocycles. The van der Waals surface area contributed by atoms with E-state index < -0.39 is 5.97 Å². The molecular formula is C22H26N2O4. The van der Waals surface area contributed by atoms with E-state index in [-0.39, 0.29) is 30.3 Å². The van der Waals surface area contributed by atoms with Gasteiger partial charge in [0.1, 0.15) is 0 Å². The number of amides is 2. The van der Waals surface area contributed by atoms with Crippen LogP contribution in [0.15, 0.2) is 36.4 Å². The van der Waals surface area contributed by atoms with Gasteiger partial charge in [0.2, 0.25) is 11.8 Å². The third-order valence-electron chi connectivity index (χ3n) is 4.60. The molecule has 2 aromatic carbocycles. The Morgan fingerprint density at radius 1 is 1.04 bits per heavy atom. The monoisotopic (exact) mass is 382 g/mol. The van der Waals surface area contributed by atoms with Gasteiger partial charge >= 0.3 is 5.97 Å². The fourth-order valence-electron chi connectivity index (χ4n) is 3.24. The molecule has 0 aromatic heterocycles. The molecule has 0 saturated heterocycles. The lowest BCUT2D eigenvalue weighted by atomic mass is 10.0. The maximum atomic E-state index is 12.4. The van der Waals surface area contributed by atoms with E-state index in [0.29, 0.717) is 12.0 Å². The summed E-state index contributed by atoms with van der Waals surface area (Å²) in [5.41, 5.74) is 4.65. The van der Waals surface area contributed by atoms with Crippen molar-refractivity contribution in [3.8, 4) is 0 Å². The number of aromatic carboxylic acids is 1. The Bertz CT molecular complexity index is 882. The van der Waals surface area contributed by atoms with Crippen LogP contribution in [0.3, 0.4) is 0 Å². The van der Waals surface area contributed by atoms with E-state index in [1.807, 2.05) is 32.9 Å². The van der Waals surface area contributed by atoms with Crippen LogP contribution in [0.5, 0.6) is 0 Å². The Labute approximate surface area is 165 Å². The number of carboxylic acids is 1. The van der Waals surface area contributed by atoms with Crippen LogP contribution in [-0.4, -0.2) is 41.4 Å². The summed E-state index contributed by atoms with van der Waals surface area (Å²) in [7, 11) is 1.57. The summed E-state index contributed by atoms with van der Waals surface area (Å²) >= 11 is 0. The minimum Gasteiger partial charge on any atom is -0.478 e. The molecule has 0 heterocycles. The number of nitrogens with one attached hydrogen (secondary N) is 1. The number of carbonyl (C=O) groups is 3. The smallest absolute Gasteiger partial charge is 0.335 e. The van der Waals surface area contributed by atoms with E-state index >= 15 is 0 Å². The van der Waals surface area contributed by atoms with E-state index in [0.717, 1.165) is 22.4 Å². The van der Waals surface area contributed by atoms with Gasteiger partial charge in [0.05, 0.1) is 12.1 Å². The molecule has 2 N–H and O–H groups in total. The maximum Gasteiger partial charge on any atom is 0.335 e. The highest BCUT2D eigenvalue weighted by Crippen LogP contribution is 2.21. The fraction of sp³-hybridized carbons (Fsp3) is 0.318. The van der Waals surface area contributed by atoms with E-state index in [2.05, 4.69) is 5.32 Å². The van der Waals surface area contributed by atoms with Gasteiger partial charge in [-0.15, -0.1) is 0 Å². The lowest BCUT2D eigenvalue weighted by Gasteiger charge is -2.18. The molecule has 2 amide bonds. The summed E-state index contributed by atoms with van der Waals surface area (Å²) in [5.74, 6) is -1.50. The Kier molecular flexibility index (Phi) is 6.93. The number of rotatable bonds is 7. The first-order valence-corrected chi connectivity index (χ1v) is 9.12. The number of hydrogen-bond donors (Lipinski definition) is 2. The lowest BCUT2D eigenvalue weighted by Crippen LogP contribution is -2.35. The molecule has 2 rings (SSSR count). The van der Waals surface area contributed by atoms with Crippen molar-refractivity contribution in [2.75, 3.05) is 18.9 Å². The zero-order valence-electron chi connectivity index (χ0n) is 16.7. The molecule has 0 aliphatic heterocycles. The van der Waals surface area contributed by atoms with Crippen molar-refractivity contribution in [1.82, 2.24) is 4.90 Å². The molecule has 28 heavy (non-hydrogen) atoms.